The molecule has 0 bridgehead atoms. The lowest BCUT2D eigenvalue weighted by molar-refractivity contribution is -0.922. The molecule has 1 aromatic carbocycles. The van der Waals surface area contributed by atoms with Crippen LogP contribution < -0.4 is 10.2 Å². The predicted molar refractivity (Wildman–Crippen MR) is 83.6 cm³/mol. The summed E-state index contributed by atoms with van der Waals surface area (Å²) in [5.41, 5.74) is 1.19. The molecule has 114 valence electrons. The van der Waals surface area contributed by atoms with Gasteiger partial charge in [-0.2, -0.15) is 0 Å². The zero-order valence-corrected chi connectivity index (χ0v) is 13.1. The van der Waals surface area contributed by atoms with E-state index in [1.165, 1.54) is 24.7 Å². The molecule has 4 heteroatoms. The third-order valence-corrected chi connectivity index (χ3v) is 4.38. The second-order valence-corrected chi connectivity index (χ2v) is 6.17. The summed E-state index contributed by atoms with van der Waals surface area (Å²) in [6, 6.07) is 7.09. The first kappa shape index (κ1) is 15.7. The number of anilines is 1. The highest BCUT2D eigenvalue weighted by Crippen LogP contribution is 2.15. The fourth-order valence-electron chi connectivity index (χ4n) is 3.05. The van der Waals surface area contributed by atoms with Gasteiger partial charge >= 0.3 is 0 Å². The lowest BCUT2D eigenvalue weighted by Crippen LogP contribution is -3.17. The van der Waals surface area contributed by atoms with Crippen molar-refractivity contribution >= 4 is 17.4 Å². The number of nitrogens with one attached hydrogen (secondary N) is 2. The quantitative estimate of drug-likeness (QED) is 0.826. The molecule has 1 heterocycles. The number of amides is 1. The molecule has 4 nitrogen and oxygen atoms in total. The summed E-state index contributed by atoms with van der Waals surface area (Å²) in [6.45, 7) is 7.83. The van der Waals surface area contributed by atoms with Crippen LogP contribution in [-0.4, -0.2) is 30.8 Å². The van der Waals surface area contributed by atoms with Gasteiger partial charge in [-0.15, -0.1) is 0 Å². The van der Waals surface area contributed by atoms with Crippen LogP contribution in [0.5, 0.6) is 0 Å². The highest BCUT2D eigenvalue weighted by Gasteiger charge is 2.29. The number of hydrogen-bond donors (Lipinski definition) is 2. The number of para-hydroxylation sites is 1. The normalized spacial score (nSPS) is 23.4. The van der Waals surface area contributed by atoms with Crippen LogP contribution in [0.15, 0.2) is 24.3 Å². The van der Waals surface area contributed by atoms with Crippen LogP contribution in [0.2, 0.25) is 0 Å². The molecule has 1 unspecified atom stereocenters. The Hall–Kier alpha value is -1.68. The number of quaternary nitrogens is 1. The fraction of sp³-hybridized carbons (Fsp3) is 0.529. The Morgan fingerprint density at radius 3 is 2.71 bits per heavy atom. The summed E-state index contributed by atoms with van der Waals surface area (Å²) in [5, 5.41) is 2.92. The third kappa shape index (κ3) is 3.91. The first-order valence-corrected chi connectivity index (χ1v) is 7.74. The molecule has 1 aromatic rings. The van der Waals surface area contributed by atoms with E-state index >= 15 is 0 Å². The number of rotatable bonds is 4. The van der Waals surface area contributed by atoms with Gasteiger partial charge in [-0.1, -0.05) is 19.1 Å². The van der Waals surface area contributed by atoms with Gasteiger partial charge in [0.1, 0.15) is 0 Å². The molecule has 1 aliphatic heterocycles. The molecule has 0 spiro atoms. The van der Waals surface area contributed by atoms with Crippen molar-refractivity contribution in [3.05, 3.63) is 29.8 Å². The van der Waals surface area contributed by atoms with E-state index < -0.39 is 0 Å². The molecule has 0 saturated carbocycles. The topological polar surface area (TPSA) is 50.6 Å². The van der Waals surface area contributed by atoms with Gasteiger partial charge in [-0.3, -0.25) is 9.59 Å². The van der Waals surface area contributed by atoms with E-state index in [0.717, 1.165) is 13.1 Å². The fourth-order valence-corrected chi connectivity index (χ4v) is 3.05. The zero-order chi connectivity index (χ0) is 15.4. The molecular weight excluding hydrogens is 264 g/mol. The lowest BCUT2D eigenvalue weighted by atomic mass is 9.99. The smallest absolute Gasteiger partial charge is 0.282 e. The maximum Gasteiger partial charge on any atom is 0.282 e. The van der Waals surface area contributed by atoms with Gasteiger partial charge in [0.25, 0.3) is 5.91 Å². The van der Waals surface area contributed by atoms with Crippen LogP contribution in [0.4, 0.5) is 5.69 Å². The zero-order valence-electron chi connectivity index (χ0n) is 13.1. The first-order chi connectivity index (χ1) is 9.99. The standard InChI is InChI=1S/C17H24N2O2/c1-12-7-6-10-19(11-12)13(2)17(21)18-16-9-5-4-8-15(16)14(3)20/h4-5,8-9,12-13H,6-7,10-11H2,1-3H3,(H,18,21)/p+1/t12-,13-/m0/s1. The van der Waals surface area contributed by atoms with Gasteiger partial charge in [0, 0.05) is 11.5 Å². The van der Waals surface area contributed by atoms with Crippen molar-refractivity contribution in [1.29, 1.82) is 0 Å². The van der Waals surface area contributed by atoms with Gasteiger partial charge in [-0.25, -0.2) is 0 Å². The van der Waals surface area contributed by atoms with E-state index in [0.29, 0.717) is 17.2 Å². The molecule has 0 radical (unpaired) electrons. The summed E-state index contributed by atoms with van der Waals surface area (Å²) >= 11 is 0. The molecule has 1 amide bonds. The monoisotopic (exact) mass is 289 g/mol. The Morgan fingerprint density at radius 1 is 1.33 bits per heavy atom. The number of ketones is 1. The Bertz CT molecular complexity index is 527. The number of hydrogen-bond acceptors (Lipinski definition) is 2. The Kier molecular flexibility index (Phi) is 5.12. The van der Waals surface area contributed by atoms with Crippen LogP contribution in [0.1, 0.15) is 44.0 Å². The molecule has 1 aliphatic rings. The summed E-state index contributed by atoms with van der Waals surface area (Å²) < 4.78 is 0. The summed E-state index contributed by atoms with van der Waals surface area (Å²) in [4.78, 5) is 25.4. The number of carbonyl (C=O) groups excluding carboxylic acids is 2. The van der Waals surface area contributed by atoms with Crippen LogP contribution in [-0.2, 0) is 4.79 Å². The van der Waals surface area contributed by atoms with Gasteiger partial charge in [0.05, 0.1) is 18.8 Å². The van der Waals surface area contributed by atoms with Crippen LogP contribution in [0.25, 0.3) is 0 Å². The minimum absolute atomic E-state index is 0.00667. The van der Waals surface area contributed by atoms with Crippen molar-refractivity contribution in [2.75, 3.05) is 18.4 Å². The Morgan fingerprint density at radius 2 is 2.05 bits per heavy atom. The van der Waals surface area contributed by atoms with Crippen molar-refractivity contribution < 1.29 is 14.5 Å². The Labute approximate surface area is 126 Å². The highest BCUT2D eigenvalue weighted by molar-refractivity contribution is 6.04. The molecule has 2 rings (SSSR count). The van der Waals surface area contributed by atoms with Crippen molar-refractivity contribution in [2.24, 2.45) is 5.92 Å². The average Bonchev–Trinajstić information content (AvgIpc) is 2.46. The van der Waals surface area contributed by atoms with Gasteiger partial charge in [0.15, 0.2) is 11.8 Å². The summed E-state index contributed by atoms with van der Waals surface area (Å²) in [7, 11) is 0. The summed E-state index contributed by atoms with van der Waals surface area (Å²) in [6.07, 6.45) is 2.43. The number of piperidine rings is 1. The SMILES string of the molecule is CC(=O)c1ccccc1NC(=O)[C@H](C)[NH+]1CCC[C@H](C)C1. The van der Waals surface area contributed by atoms with E-state index in [4.69, 9.17) is 0 Å². The largest absolute Gasteiger partial charge is 0.325 e. The number of benzene rings is 1. The lowest BCUT2D eigenvalue weighted by Gasteiger charge is -2.31. The van der Waals surface area contributed by atoms with Crippen LogP contribution in [0.3, 0.4) is 0 Å². The number of carbonyl (C=O) groups is 2. The van der Waals surface area contributed by atoms with Crippen LogP contribution >= 0.6 is 0 Å². The minimum atomic E-state index is -0.0900. The molecular formula is C17H25N2O2+. The molecule has 0 aromatic heterocycles. The van der Waals surface area contributed by atoms with Crippen LogP contribution in [0, 0.1) is 5.92 Å². The average molecular weight is 289 g/mol. The first-order valence-electron chi connectivity index (χ1n) is 7.74. The molecule has 1 fully saturated rings. The van der Waals surface area contributed by atoms with E-state index in [-0.39, 0.29) is 17.7 Å². The maximum atomic E-state index is 12.4. The van der Waals surface area contributed by atoms with Crippen molar-refractivity contribution in [1.82, 2.24) is 0 Å². The molecule has 21 heavy (non-hydrogen) atoms. The second kappa shape index (κ2) is 6.85. The van der Waals surface area contributed by atoms with Gasteiger partial charge < -0.3 is 10.2 Å². The molecule has 3 atom stereocenters. The number of Topliss-reactive ketones (excluding diaryl/α,β-unsaturated/α-hetero) is 1. The van der Waals surface area contributed by atoms with Gasteiger partial charge in [-0.05, 0) is 38.8 Å². The Balaban J connectivity index is 2.05. The van der Waals surface area contributed by atoms with Gasteiger partial charge in [0.2, 0.25) is 0 Å². The highest BCUT2D eigenvalue weighted by atomic mass is 16.2. The van der Waals surface area contributed by atoms with Crippen molar-refractivity contribution in [3.63, 3.8) is 0 Å². The van der Waals surface area contributed by atoms with E-state index in [2.05, 4.69) is 12.2 Å². The molecule has 1 saturated heterocycles. The maximum absolute atomic E-state index is 12.4. The predicted octanol–water partition coefficient (Wildman–Crippen LogP) is 1.53. The van der Waals surface area contributed by atoms with Crippen molar-refractivity contribution in [2.45, 2.75) is 39.7 Å². The minimum Gasteiger partial charge on any atom is -0.325 e. The third-order valence-electron chi connectivity index (χ3n) is 4.38. The molecule has 0 aliphatic carbocycles. The molecule has 2 N–H and O–H groups in total. The van der Waals surface area contributed by atoms with Crippen molar-refractivity contribution in [3.8, 4) is 0 Å². The summed E-state index contributed by atoms with van der Waals surface area (Å²) in [5.74, 6) is 0.638. The van der Waals surface area contributed by atoms with E-state index in [9.17, 15) is 9.59 Å². The second-order valence-electron chi connectivity index (χ2n) is 6.17. The van der Waals surface area contributed by atoms with E-state index in [1.54, 1.807) is 12.1 Å². The van der Waals surface area contributed by atoms with E-state index in [1.807, 2.05) is 19.1 Å². The number of likely N-dealkylation sites (tertiary alicyclic amines) is 1.